The standard InChI is InChI=1S/C11H13BrN4OS/c1-7(9-5-14-15-6-9)16-11(17)13-4-8-2-3-18-10(8)12/h2-3,5-7H,4H2,1H3,(H,14,15)(H2,13,16,17). The molecule has 7 heteroatoms. The highest BCUT2D eigenvalue weighted by molar-refractivity contribution is 9.11. The number of amides is 2. The fourth-order valence-electron chi connectivity index (χ4n) is 1.45. The lowest BCUT2D eigenvalue weighted by atomic mass is 10.2. The van der Waals surface area contributed by atoms with E-state index in [1.165, 1.54) is 0 Å². The molecule has 0 aliphatic carbocycles. The number of aromatic nitrogens is 2. The molecular weight excluding hydrogens is 316 g/mol. The summed E-state index contributed by atoms with van der Waals surface area (Å²) >= 11 is 5.03. The van der Waals surface area contributed by atoms with Crippen LogP contribution in [0, 0.1) is 0 Å². The Morgan fingerprint density at radius 2 is 2.50 bits per heavy atom. The highest BCUT2D eigenvalue weighted by atomic mass is 79.9. The molecule has 2 aromatic heterocycles. The lowest BCUT2D eigenvalue weighted by molar-refractivity contribution is 0.237. The second-order valence-electron chi connectivity index (χ2n) is 3.80. The Balaban J connectivity index is 1.81. The molecule has 0 bridgehead atoms. The van der Waals surface area contributed by atoms with Crippen LogP contribution in [0.4, 0.5) is 4.79 Å². The molecule has 5 nitrogen and oxygen atoms in total. The van der Waals surface area contributed by atoms with Gasteiger partial charge in [-0.2, -0.15) is 5.10 Å². The van der Waals surface area contributed by atoms with Gasteiger partial charge in [-0.15, -0.1) is 11.3 Å². The lowest BCUT2D eigenvalue weighted by Crippen LogP contribution is -2.36. The molecule has 18 heavy (non-hydrogen) atoms. The van der Waals surface area contributed by atoms with Crippen molar-refractivity contribution in [1.29, 1.82) is 0 Å². The third kappa shape index (κ3) is 3.33. The molecule has 0 aromatic carbocycles. The second kappa shape index (κ2) is 6.01. The van der Waals surface area contributed by atoms with Crippen molar-refractivity contribution in [3.05, 3.63) is 38.8 Å². The quantitative estimate of drug-likeness (QED) is 0.807. The molecule has 0 radical (unpaired) electrons. The average molecular weight is 329 g/mol. The highest BCUT2D eigenvalue weighted by Crippen LogP contribution is 2.22. The summed E-state index contributed by atoms with van der Waals surface area (Å²) in [5.74, 6) is 0. The number of hydrogen-bond donors (Lipinski definition) is 3. The molecule has 3 N–H and O–H groups in total. The topological polar surface area (TPSA) is 69.8 Å². The maximum Gasteiger partial charge on any atom is 0.315 e. The minimum Gasteiger partial charge on any atom is -0.334 e. The third-order valence-corrected chi connectivity index (χ3v) is 4.31. The minimum atomic E-state index is -0.193. The first-order chi connectivity index (χ1) is 8.66. The molecule has 0 saturated carbocycles. The number of nitrogens with one attached hydrogen (secondary N) is 3. The molecule has 2 aromatic rings. The Kier molecular flexibility index (Phi) is 4.38. The first-order valence-electron chi connectivity index (χ1n) is 5.41. The predicted molar refractivity (Wildman–Crippen MR) is 74.4 cm³/mol. The van der Waals surface area contributed by atoms with Crippen LogP contribution in [0.15, 0.2) is 27.6 Å². The Hall–Kier alpha value is -1.34. The molecule has 2 rings (SSSR count). The smallest absolute Gasteiger partial charge is 0.315 e. The number of carbonyl (C=O) groups excluding carboxylic acids is 1. The van der Waals surface area contributed by atoms with Crippen molar-refractivity contribution in [2.24, 2.45) is 0 Å². The van der Waals surface area contributed by atoms with Crippen molar-refractivity contribution in [2.45, 2.75) is 19.5 Å². The first kappa shape index (κ1) is 13.1. The van der Waals surface area contributed by atoms with Crippen LogP contribution >= 0.6 is 27.3 Å². The van der Waals surface area contributed by atoms with Gasteiger partial charge in [0.25, 0.3) is 0 Å². The normalized spacial score (nSPS) is 12.1. The summed E-state index contributed by atoms with van der Waals surface area (Å²) in [7, 11) is 0. The zero-order chi connectivity index (χ0) is 13.0. The van der Waals surface area contributed by atoms with E-state index in [4.69, 9.17) is 0 Å². The number of thiophene rings is 1. The van der Waals surface area contributed by atoms with E-state index in [1.54, 1.807) is 23.7 Å². The summed E-state index contributed by atoms with van der Waals surface area (Å²) in [5, 5.41) is 14.2. The molecule has 2 heterocycles. The maximum absolute atomic E-state index is 11.7. The van der Waals surface area contributed by atoms with E-state index < -0.39 is 0 Å². The monoisotopic (exact) mass is 328 g/mol. The molecule has 0 fully saturated rings. The summed E-state index contributed by atoms with van der Waals surface area (Å²) in [6.45, 7) is 2.42. The van der Waals surface area contributed by atoms with Crippen LogP contribution in [0.2, 0.25) is 0 Å². The van der Waals surface area contributed by atoms with Crippen molar-refractivity contribution < 1.29 is 4.79 Å². The SMILES string of the molecule is CC(NC(=O)NCc1ccsc1Br)c1cn[nH]c1. The van der Waals surface area contributed by atoms with Crippen molar-refractivity contribution in [3.63, 3.8) is 0 Å². The number of rotatable bonds is 4. The van der Waals surface area contributed by atoms with Crippen LogP contribution in [0.25, 0.3) is 0 Å². The summed E-state index contributed by atoms with van der Waals surface area (Å²) in [4.78, 5) is 11.7. The molecule has 1 atom stereocenters. The summed E-state index contributed by atoms with van der Waals surface area (Å²) in [5.41, 5.74) is 2.02. The van der Waals surface area contributed by atoms with Gasteiger partial charge in [0.1, 0.15) is 0 Å². The average Bonchev–Trinajstić information content (AvgIpc) is 2.97. The Labute approximate surface area is 117 Å². The van der Waals surface area contributed by atoms with Gasteiger partial charge in [0.2, 0.25) is 0 Å². The number of halogens is 1. The molecule has 0 aliphatic heterocycles. The van der Waals surface area contributed by atoms with E-state index in [0.29, 0.717) is 6.54 Å². The summed E-state index contributed by atoms with van der Waals surface area (Å²) in [6, 6.07) is 1.71. The van der Waals surface area contributed by atoms with Gasteiger partial charge in [0.15, 0.2) is 0 Å². The molecule has 0 saturated heterocycles. The van der Waals surface area contributed by atoms with Gasteiger partial charge >= 0.3 is 6.03 Å². The van der Waals surface area contributed by atoms with Gasteiger partial charge < -0.3 is 10.6 Å². The van der Waals surface area contributed by atoms with Crippen LogP contribution in [-0.2, 0) is 6.54 Å². The lowest BCUT2D eigenvalue weighted by Gasteiger charge is -2.12. The van der Waals surface area contributed by atoms with Crippen LogP contribution in [0.3, 0.4) is 0 Å². The van der Waals surface area contributed by atoms with Crippen molar-refractivity contribution in [3.8, 4) is 0 Å². The van der Waals surface area contributed by atoms with E-state index in [-0.39, 0.29) is 12.1 Å². The van der Waals surface area contributed by atoms with Crippen LogP contribution in [-0.4, -0.2) is 16.2 Å². The van der Waals surface area contributed by atoms with Crippen molar-refractivity contribution >= 4 is 33.3 Å². The van der Waals surface area contributed by atoms with E-state index in [2.05, 4.69) is 36.8 Å². The molecular formula is C11H13BrN4OS. The Morgan fingerprint density at radius 1 is 1.67 bits per heavy atom. The largest absolute Gasteiger partial charge is 0.334 e. The number of aromatic amines is 1. The van der Waals surface area contributed by atoms with E-state index >= 15 is 0 Å². The Bertz CT molecular complexity index is 511. The zero-order valence-corrected chi connectivity index (χ0v) is 12.1. The molecule has 2 amide bonds. The van der Waals surface area contributed by atoms with Gasteiger partial charge in [0.05, 0.1) is 16.0 Å². The molecule has 0 aliphatic rings. The first-order valence-corrected chi connectivity index (χ1v) is 7.09. The number of H-pyrrole nitrogens is 1. The van der Waals surface area contributed by atoms with Gasteiger partial charge in [-0.05, 0) is 39.9 Å². The number of hydrogen-bond acceptors (Lipinski definition) is 3. The maximum atomic E-state index is 11.7. The zero-order valence-electron chi connectivity index (χ0n) is 9.74. The fraction of sp³-hybridized carbons (Fsp3) is 0.273. The number of urea groups is 1. The third-order valence-electron chi connectivity index (χ3n) is 2.50. The van der Waals surface area contributed by atoms with E-state index in [1.807, 2.05) is 18.4 Å². The predicted octanol–water partition coefficient (Wildman–Crippen LogP) is 2.79. The Morgan fingerprint density at radius 3 is 3.11 bits per heavy atom. The molecule has 1 unspecified atom stereocenters. The summed E-state index contributed by atoms with van der Waals surface area (Å²) < 4.78 is 1.05. The van der Waals surface area contributed by atoms with Crippen LogP contribution < -0.4 is 10.6 Å². The second-order valence-corrected chi connectivity index (χ2v) is 6.03. The van der Waals surface area contributed by atoms with E-state index in [0.717, 1.165) is 14.9 Å². The van der Waals surface area contributed by atoms with E-state index in [9.17, 15) is 4.79 Å². The number of nitrogens with zero attached hydrogens (tertiary/aromatic N) is 1. The fourth-order valence-corrected chi connectivity index (χ4v) is 2.69. The van der Waals surface area contributed by atoms with Gasteiger partial charge in [0, 0.05) is 18.3 Å². The van der Waals surface area contributed by atoms with Crippen molar-refractivity contribution in [2.75, 3.05) is 0 Å². The van der Waals surface area contributed by atoms with Gasteiger partial charge in [-0.3, -0.25) is 5.10 Å². The number of carbonyl (C=O) groups is 1. The van der Waals surface area contributed by atoms with Crippen molar-refractivity contribution in [1.82, 2.24) is 20.8 Å². The van der Waals surface area contributed by atoms with Crippen LogP contribution in [0.1, 0.15) is 24.1 Å². The molecule has 96 valence electrons. The minimum absolute atomic E-state index is 0.0744. The van der Waals surface area contributed by atoms with Gasteiger partial charge in [-0.1, -0.05) is 0 Å². The highest BCUT2D eigenvalue weighted by Gasteiger charge is 2.10. The molecule has 0 spiro atoms. The van der Waals surface area contributed by atoms with Gasteiger partial charge in [-0.25, -0.2) is 4.79 Å². The van der Waals surface area contributed by atoms with Crippen LogP contribution in [0.5, 0.6) is 0 Å². The summed E-state index contributed by atoms with van der Waals surface area (Å²) in [6.07, 6.45) is 3.46.